The Kier molecular flexibility index (Phi) is 3.91. The molecule has 0 radical (unpaired) electrons. The summed E-state index contributed by atoms with van der Waals surface area (Å²) in [6.07, 6.45) is 6.07. The number of aromatic nitrogens is 1. The number of carbonyl (C=O) groups is 1. The van der Waals surface area contributed by atoms with E-state index in [4.69, 9.17) is 11.6 Å². The van der Waals surface area contributed by atoms with Crippen molar-refractivity contribution in [2.24, 2.45) is 5.41 Å². The number of nitrogens with one attached hydrogen (secondary N) is 1. The lowest BCUT2D eigenvalue weighted by Gasteiger charge is -2.35. The highest BCUT2D eigenvalue weighted by Crippen LogP contribution is 2.35. The molecule has 1 amide bonds. The van der Waals surface area contributed by atoms with Crippen molar-refractivity contribution in [2.75, 3.05) is 0 Å². The van der Waals surface area contributed by atoms with Crippen LogP contribution in [0.2, 0.25) is 5.15 Å². The molecule has 18 heavy (non-hydrogen) atoms. The van der Waals surface area contributed by atoms with Crippen molar-refractivity contribution in [2.45, 2.75) is 45.6 Å². The molecule has 1 aliphatic rings. The van der Waals surface area contributed by atoms with Gasteiger partial charge in [0.05, 0.1) is 0 Å². The molecule has 0 spiro atoms. The maximum Gasteiger partial charge on any atom is 0.251 e. The number of hydrogen-bond donors (Lipinski definition) is 1. The van der Waals surface area contributed by atoms with Crippen LogP contribution in [0.5, 0.6) is 0 Å². The third-order valence-corrected chi connectivity index (χ3v) is 3.74. The molecule has 1 saturated carbocycles. The van der Waals surface area contributed by atoms with Crippen LogP contribution in [0.4, 0.5) is 0 Å². The molecule has 0 bridgehead atoms. The first-order valence-electron chi connectivity index (χ1n) is 6.39. The number of carbonyl (C=O) groups excluding carboxylic acids is 1. The molecule has 3 nitrogen and oxygen atoms in total. The van der Waals surface area contributed by atoms with Crippen molar-refractivity contribution in [3.8, 4) is 0 Å². The number of nitrogens with zero attached hydrogens (tertiary/aromatic N) is 1. The minimum Gasteiger partial charge on any atom is -0.349 e. The molecule has 1 aromatic heterocycles. The molecule has 1 unspecified atom stereocenters. The highest BCUT2D eigenvalue weighted by Gasteiger charge is 2.28. The van der Waals surface area contributed by atoms with Crippen molar-refractivity contribution in [3.05, 3.63) is 29.0 Å². The van der Waals surface area contributed by atoms with Crippen molar-refractivity contribution < 1.29 is 4.79 Å². The van der Waals surface area contributed by atoms with E-state index in [1.807, 2.05) is 0 Å². The Hall–Kier alpha value is -1.09. The molecule has 1 aliphatic carbocycles. The van der Waals surface area contributed by atoms with E-state index in [0.717, 1.165) is 12.8 Å². The first kappa shape index (κ1) is 13.3. The molecule has 0 aromatic carbocycles. The van der Waals surface area contributed by atoms with Gasteiger partial charge in [-0.3, -0.25) is 4.79 Å². The van der Waals surface area contributed by atoms with Gasteiger partial charge in [0, 0.05) is 17.8 Å². The summed E-state index contributed by atoms with van der Waals surface area (Å²) in [5, 5.41) is 3.45. The summed E-state index contributed by atoms with van der Waals surface area (Å²) in [5.41, 5.74) is 0.907. The lowest BCUT2D eigenvalue weighted by atomic mass is 9.75. The van der Waals surface area contributed by atoms with Crippen LogP contribution in [0, 0.1) is 5.41 Å². The fourth-order valence-electron chi connectivity index (χ4n) is 2.63. The largest absolute Gasteiger partial charge is 0.349 e. The zero-order valence-corrected chi connectivity index (χ0v) is 11.6. The predicted molar refractivity (Wildman–Crippen MR) is 72.8 cm³/mol. The second-order valence-corrected chi connectivity index (χ2v) is 6.19. The van der Waals surface area contributed by atoms with E-state index in [1.54, 1.807) is 18.3 Å². The van der Waals surface area contributed by atoms with Gasteiger partial charge >= 0.3 is 0 Å². The molecule has 1 N–H and O–H groups in total. The standard InChI is InChI=1S/C14H19ClN2O/c1-14(2)6-3-4-11(9-14)17-13(18)10-5-7-16-12(15)8-10/h5,7-8,11H,3-4,6,9H2,1-2H3,(H,17,18). The van der Waals surface area contributed by atoms with E-state index in [0.29, 0.717) is 16.1 Å². The number of pyridine rings is 1. The van der Waals surface area contributed by atoms with Gasteiger partial charge in [0.2, 0.25) is 0 Å². The summed E-state index contributed by atoms with van der Waals surface area (Å²) in [6.45, 7) is 4.52. The maximum atomic E-state index is 12.1. The third kappa shape index (κ3) is 3.45. The third-order valence-electron chi connectivity index (χ3n) is 3.53. The molecule has 1 atom stereocenters. The van der Waals surface area contributed by atoms with Gasteiger partial charge in [-0.15, -0.1) is 0 Å². The highest BCUT2D eigenvalue weighted by molar-refractivity contribution is 6.29. The molecule has 1 heterocycles. The average molecular weight is 267 g/mol. The van der Waals surface area contributed by atoms with Gasteiger partial charge in [-0.25, -0.2) is 4.98 Å². The predicted octanol–water partition coefficient (Wildman–Crippen LogP) is 3.43. The Labute approximate surface area is 113 Å². The van der Waals surface area contributed by atoms with Crippen molar-refractivity contribution in [1.82, 2.24) is 10.3 Å². The maximum absolute atomic E-state index is 12.1. The highest BCUT2D eigenvalue weighted by atomic mass is 35.5. The second-order valence-electron chi connectivity index (χ2n) is 5.80. The van der Waals surface area contributed by atoms with Gasteiger partial charge in [0.25, 0.3) is 5.91 Å². The molecule has 2 rings (SSSR count). The molecule has 98 valence electrons. The molecule has 1 aromatic rings. The summed E-state index contributed by atoms with van der Waals surface area (Å²) >= 11 is 5.79. The zero-order chi connectivity index (χ0) is 13.2. The zero-order valence-electron chi connectivity index (χ0n) is 10.9. The Balaban J connectivity index is 1.99. The first-order chi connectivity index (χ1) is 8.46. The van der Waals surface area contributed by atoms with Gasteiger partial charge in [0.15, 0.2) is 0 Å². The van der Waals surface area contributed by atoms with E-state index in [-0.39, 0.29) is 11.9 Å². The van der Waals surface area contributed by atoms with Crippen LogP contribution in [0.1, 0.15) is 49.9 Å². The number of amides is 1. The van der Waals surface area contributed by atoms with Crippen molar-refractivity contribution in [3.63, 3.8) is 0 Å². The fraction of sp³-hybridized carbons (Fsp3) is 0.571. The van der Waals surface area contributed by atoms with Crippen molar-refractivity contribution >= 4 is 17.5 Å². The minimum atomic E-state index is -0.0537. The summed E-state index contributed by atoms with van der Waals surface area (Å²) < 4.78 is 0. The fourth-order valence-corrected chi connectivity index (χ4v) is 2.81. The van der Waals surface area contributed by atoms with Crippen LogP contribution >= 0.6 is 11.6 Å². The number of hydrogen-bond acceptors (Lipinski definition) is 2. The van der Waals surface area contributed by atoms with Gasteiger partial charge in [-0.1, -0.05) is 31.9 Å². The van der Waals surface area contributed by atoms with Crippen LogP contribution in [-0.4, -0.2) is 16.9 Å². The average Bonchev–Trinajstić information content (AvgIpc) is 2.27. The summed E-state index contributed by atoms with van der Waals surface area (Å²) in [5.74, 6) is -0.0537. The lowest BCUT2D eigenvalue weighted by molar-refractivity contribution is 0.0902. The molecule has 0 aliphatic heterocycles. The van der Waals surface area contributed by atoms with Crippen LogP contribution in [0.15, 0.2) is 18.3 Å². The van der Waals surface area contributed by atoms with Gasteiger partial charge in [-0.05, 0) is 36.8 Å². The Morgan fingerprint density at radius 1 is 1.56 bits per heavy atom. The Morgan fingerprint density at radius 3 is 3.00 bits per heavy atom. The minimum absolute atomic E-state index is 0.0537. The molecular formula is C14H19ClN2O. The SMILES string of the molecule is CC1(C)CCCC(NC(=O)c2ccnc(Cl)c2)C1. The summed E-state index contributed by atoms with van der Waals surface area (Å²) in [7, 11) is 0. The quantitative estimate of drug-likeness (QED) is 0.834. The van der Waals surface area contributed by atoms with Gasteiger partial charge < -0.3 is 5.32 Å². The van der Waals surface area contributed by atoms with Crippen LogP contribution in [-0.2, 0) is 0 Å². The second kappa shape index (κ2) is 5.27. The van der Waals surface area contributed by atoms with E-state index in [2.05, 4.69) is 24.1 Å². The monoisotopic (exact) mass is 266 g/mol. The molecule has 1 fully saturated rings. The molecule has 4 heteroatoms. The number of rotatable bonds is 2. The number of halogens is 1. The van der Waals surface area contributed by atoms with Gasteiger partial charge in [0.1, 0.15) is 5.15 Å². The van der Waals surface area contributed by atoms with E-state index in [1.165, 1.54) is 12.8 Å². The first-order valence-corrected chi connectivity index (χ1v) is 6.76. The van der Waals surface area contributed by atoms with Crippen LogP contribution in [0.25, 0.3) is 0 Å². The van der Waals surface area contributed by atoms with E-state index >= 15 is 0 Å². The van der Waals surface area contributed by atoms with E-state index < -0.39 is 0 Å². The van der Waals surface area contributed by atoms with E-state index in [9.17, 15) is 4.79 Å². The molecular weight excluding hydrogens is 248 g/mol. The topological polar surface area (TPSA) is 42.0 Å². The van der Waals surface area contributed by atoms with Crippen molar-refractivity contribution in [1.29, 1.82) is 0 Å². The Bertz CT molecular complexity index is 445. The lowest BCUT2D eigenvalue weighted by Crippen LogP contribution is -2.40. The summed E-state index contributed by atoms with van der Waals surface area (Å²) in [4.78, 5) is 16.0. The van der Waals surface area contributed by atoms with Crippen LogP contribution in [0.3, 0.4) is 0 Å². The normalized spacial score (nSPS) is 22.5. The van der Waals surface area contributed by atoms with Crippen LogP contribution < -0.4 is 5.32 Å². The summed E-state index contributed by atoms with van der Waals surface area (Å²) in [6, 6.07) is 3.56. The Morgan fingerprint density at radius 2 is 2.33 bits per heavy atom. The molecule has 0 saturated heterocycles. The van der Waals surface area contributed by atoms with Gasteiger partial charge in [-0.2, -0.15) is 0 Å². The smallest absolute Gasteiger partial charge is 0.251 e.